The number of aryl methyl sites for hydroxylation is 2. The topological polar surface area (TPSA) is 12.9 Å². The molecule has 0 radical (unpaired) electrons. The Bertz CT molecular complexity index is 668. The maximum Gasteiger partial charge on any atom is 0.0702 e. The van der Waals surface area contributed by atoms with Crippen LogP contribution in [0, 0.1) is 13.8 Å². The molecule has 0 bridgehead atoms. The Hall–Kier alpha value is -1.63. The lowest BCUT2D eigenvalue weighted by Crippen LogP contribution is -2.06. The first-order valence-corrected chi connectivity index (χ1v) is 7.52. The summed E-state index contributed by atoms with van der Waals surface area (Å²) >= 11 is 0. The molecule has 1 nitrogen and oxygen atoms in total. The third-order valence-electron chi connectivity index (χ3n) is 4.38. The Morgan fingerprint density at radius 3 is 2.65 bits per heavy atom. The van der Waals surface area contributed by atoms with Gasteiger partial charge in [0.1, 0.15) is 0 Å². The summed E-state index contributed by atoms with van der Waals surface area (Å²) in [5.41, 5.74) is 4.99. The number of nitrogens with zero attached hydrogens (tertiary/aromatic N) is 1. The normalized spacial score (nSPS) is 19.1. The van der Waals surface area contributed by atoms with Crippen LogP contribution in [0.1, 0.15) is 58.8 Å². The Morgan fingerprint density at radius 2 is 1.95 bits per heavy atom. The van der Waals surface area contributed by atoms with E-state index in [4.69, 9.17) is 4.11 Å². The van der Waals surface area contributed by atoms with Crippen LogP contribution >= 0.6 is 0 Å². The lowest BCUT2D eigenvalue weighted by atomic mass is 9.81. The highest BCUT2D eigenvalue weighted by atomic mass is 14.7. The van der Waals surface area contributed by atoms with Crippen LogP contribution in [-0.4, -0.2) is 4.98 Å². The van der Waals surface area contributed by atoms with Crippen molar-refractivity contribution in [3.05, 3.63) is 53.2 Å². The number of benzene rings is 1. The van der Waals surface area contributed by atoms with Gasteiger partial charge in [0, 0.05) is 15.9 Å². The highest BCUT2D eigenvalue weighted by molar-refractivity contribution is 5.61. The van der Waals surface area contributed by atoms with E-state index in [2.05, 4.69) is 30.1 Å². The molecule has 104 valence electrons. The van der Waals surface area contributed by atoms with Crippen LogP contribution in [0.2, 0.25) is 0 Å². The second-order valence-corrected chi connectivity index (χ2v) is 5.84. The summed E-state index contributed by atoms with van der Waals surface area (Å²) in [6.45, 7) is 0.0882. The molecule has 0 amide bonds. The first kappa shape index (κ1) is 10.1. The first-order valence-electron chi connectivity index (χ1n) is 9.02. The van der Waals surface area contributed by atoms with Crippen molar-refractivity contribution in [2.24, 2.45) is 0 Å². The van der Waals surface area contributed by atoms with Crippen LogP contribution in [0.3, 0.4) is 0 Å². The zero-order chi connectivity index (χ0) is 16.4. The monoisotopic (exact) mass is 268 g/mol. The maximum absolute atomic E-state index is 7.44. The molecular formula is C19H23N. The minimum absolute atomic E-state index is 0.292. The van der Waals surface area contributed by atoms with Crippen LogP contribution in [0.15, 0.2) is 36.5 Å². The Morgan fingerprint density at radius 1 is 1.10 bits per heavy atom. The van der Waals surface area contributed by atoms with E-state index < -0.39 is 6.85 Å². The van der Waals surface area contributed by atoms with Gasteiger partial charge in [-0.25, -0.2) is 0 Å². The highest BCUT2D eigenvalue weighted by Gasteiger charge is 2.17. The van der Waals surface area contributed by atoms with Gasteiger partial charge in [-0.3, -0.25) is 4.98 Å². The van der Waals surface area contributed by atoms with Crippen molar-refractivity contribution in [1.29, 1.82) is 0 Å². The molecule has 1 fully saturated rings. The molecule has 2 aromatic rings. The standard InChI is InChI=1S/C19H23N/c1-14-8-11-19(20-13-14)17-10-9-15(2)18(12-17)16-6-4-3-5-7-16/h8-13,16H,3-7H2,1-2H3/i1D3. The second-order valence-electron chi connectivity index (χ2n) is 5.84. The lowest BCUT2D eigenvalue weighted by molar-refractivity contribution is 0.442. The van der Waals surface area contributed by atoms with Gasteiger partial charge in [0.25, 0.3) is 0 Å². The third-order valence-corrected chi connectivity index (χ3v) is 4.38. The fraction of sp³-hybridized carbons (Fsp3) is 0.421. The second kappa shape index (κ2) is 5.78. The van der Waals surface area contributed by atoms with E-state index in [1.807, 2.05) is 6.07 Å². The van der Waals surface area contributed by atoms with Gasteiger partial charge < -0.3 is 0 Å². The van der Waals surface area contributed by atoms with E-state index in [9.17, 15) is 0 Å². The predicted octanol–water partition coefficient (Wildman–Crippen LogP) is 5.41. The van der Waals surface area contributed by atoms with Gasteiger partial charge in [0.2, 0.25) is 0 Å². The maximum atomic E-state index is 7.44. The fourth-order valence-corrected chi connectivity index (χ4v) is 3.22. The molecular weight excluding hydrogens is 242 g/mol. The summed E-state index contributed by atoms with van der Waals surface area (Å²) in [5.74, 6) is 0.658. The summed E-state index contributed by atoms with van der Waals surface area (Å²) < 4.78 is 22.3. The molecule has 1 heterocycles. The highest BCUT2D eigenvalue weighted by Crippen LogP contribution is 2.35. The Balaban J connectivity index is 1.91. The van der Waals surface area contributed by atoms with Crippen molar-refractivity contribution in [3.8, 4) is 11.3 Å². The van der Waals surface area contributed by atoms with E-state index in [0.29, 0.717) is 11.5 Å². The predicted molar refractivity (Wildman–Crippen MR) is 85.0 cm³/mol. The van der Waals surface area contributed by atoms with E-state index in [0.717, 1.165) is 11.3 Å². The summed E-state index contributed by atoms with van der Waals surface area (Å²) in [6, 6.07) is 9.98. The molecule has 0 N–H and O–H groups in total. The van der Waals surface area contributed by atoms with Crippen molar-refractivity contribution in [1.82, 2.24) is 4.98 Å². The SMILES string of the molecule is [2H]C([2H])([2H])c1ccc(-c2ccc(C)c(C3CCCCC3)c2)nc1. The minimum Gasteiger partial charge on any atom is -0.256 e. The average Bonchev–Trinajstić information content (AvgIpc) is 2.55. The number of aromatic nitrogens is 1. The van der Waals surface area contributed by atoms with Gasteiger partial charge in [0.05, 0.1) is 5.69 Å². The molecule has 1 aromatic heterocycles. The van der Waals surface area contributed by atoms with E-state index >= 15 is 0 Å². The zero-order valence-electron chi connectivity index (χ0n) is 15.0. The largest absolute Gasteiger partial charge is 0.256 e. The quantitative estimate of drug-likeness (QED) is 0.709. The summed E-state index contributed by atoms with van der Waals surface area (Å²) in [4.78, 5) is 4.37. The summed E-state index contributed by atoms with van der Waals surface area (Å²) in [5, 5.41) is 0. The molecule has 0 saturated heterocycles. The molecule has 0 atom stereocenters. The Kier molecular flexibility index (Phi) is 2.93. The van der Waals surface area contributed by atoms with Crippen LogP contribution in [0.25, 0.3) is 11.3 Å². The molecule has 3 rings (SSSR count). The van der Waals surface area contributed by atoms with Crippen molar-refractivity contribution >= 4 is 0 Å². The zero-order valence-corrected chi connectivity index (χ0v) is 12.0. The van der Waals surface area contributed by atoms with Crippen molar-refractivity contribution in [3.63, 3.8) is 0 Å². The molecule has 1 saturated carbocycles. The van der Waals surface area contributed by atoms with Crippen LogP contribution in [-0.2, 0) is 0 Å². The van der Waals surface area contributed by atoms with Gasteiger partial charge >= 0.3 is 0 Å². The van der Waals surface area contributed by atoms with Crippen molar-refractivity contribution < 1.29 is 4.11 Å². The smallest absolute Gasteiger partial charge is 0.0702 e. The molecule has 1 aliphatic rings. The number of hydrogen-bond acceptors (Lipinski definition) is 1. The van der Waals surface area contributed by atoms with Crippen molar-refractivity contribution in [2.75, 3.05) is 0 Å². The lowest BCUT2D eigenvalue weighted by Gasteiger charge is -2.24. The van der Waals surface area contributed by atoms with Crippen LogP contribution in [0.4, 0.5) is 0 Å². The molecule has 0 unspecified atom stereocenters. The van der Waals surface area contributed by atoms with Crippen LogP contribution < -0.4 is 0 Å². The molecule has 0 aliphatic heterocycles. The minimum atomic E-state index is -2.09. The summed E-state index contributed by atoms with van der Waals surface area (Å²) in [7, 11) is 0. The van der Waals surface area contributed by atoms with Crippen molar-refractivity contribution in [2.45, 2.75) is 51.8 Å². The van der Waals surface area contributed by atoms with Crippen LogP contribution in [0.5, 0.6) is 0 Å². The first-order chi connectivity index (χ1) is 10.9. The molecule has 1 heteroatoms. The molecule has 1 aliphatic carbocycles. The van der Waals surface area contributed by atoms with E-state index in [1.165, 1.54) is 49.4 Å². The van der Waals surface area contributed by atoms with E-state index in [-0.39, 0.29) is 0 Å². The number of rotatable bonds is 2. The molecule has 0 spiro atoms. The van der Waals surface area contributed by atoms with Gasteiger partial charge in [-0.15, -0.1) is 0 Å². The summed E-state index contributed by atoms with van der Waals surface area (Å²) in [6.07, 6.45) is 8.01. The fourth-order valence-electron chi connectivity index (χ4n) is 3.22. The number of pyridine rings is 1. The van der Waals surface area contributed by atoms with Gasteiger partial charge in [-0.1, -0.05) is 37.5 Å². The van der Waals surface area contributed by atoms with Gasteiger partial charge in [-0.05, 0) is 61.4 Å². The Labute approximate surface area is 126 Å². The number of hydrogen-bond donors (Lipinski definition) is 0. The average molecular weight is 268 g/mol. The molecule has 1 aromatic carbocycles. The van der Waals surface area contributed by atoms with Gasteiger partial charge in [0.15, 0.2) is 0 Å². The van der Waals surface area contributed by atoms with E-state index in [1.54, 1.807) is 6.07 Å². The third kappa shape index (κ3) is 2.77. The van der Waals surface area contributed by atoms with Gasteiger partial charge in [-0.2, -0.15) is 0 Å². The molecule has 20 heavy (non-hydrogen) atoms.